The maximum atomic E-state index is 14.0. The molecule has 3 aliphatic carbocycles. The summed E-state index contributed by atoms with van der Waals surface area (Å²) in [6, 6.07) is 17.8. The minimum absolute atomic E-state index is 0.0361. The SMILES string of the molecule is Cc1cc(N2C(=O)[C@@H]3C4c5ccccc5C(C=O)(c5ccccc54)[C@@H]3C2=O)c([N+](=O)[O-])cc1C. The van der Waals surface area contributed by atoms with Gasteiger partial charge in [0.2, 0.25) is 11.8 Å². The molecule has 2 amide bonds. The highest BCUT2D eigenvalue weighted by molar-refractivity contribution is 6.25. The number of rotatable bonds is 3. The standard InChI is InChI=1S/C27H20N2O5/c1-14-11-20(21(29(33)34)12-15(14)2)28-25(31)23-22-16-7-3-5-9-18(16)27(13-30,24(23)26(28)32)19-10-6-4-8-17(19)22/h3-13,22-24H,1-2H3/t22?,23-,24+,27?/m1/s1. The molecule has 0 saturated carbocycles. The number of aryl methyl sites for hydroxylation is 2. The third-order valence-electron chi connectivity index (χ3n) is 7.90. The third-order valence-corrected chi connectivity index (χ3v) is 7.90. The van der Waals surface area contributed by atoms with Crippen LogP contribution in [0.15, 0.2) is 60.7 Å². The first-order valence-corrected chi connectivity index (χ1v) is 11.1. The lowest BCUT2D eigenvalue weighted by Crippen LogP contribution is -2.54. The average Bonchev–Trinajstić information content (AvgIpc) is 3.11. The second-order valence-electron chi connectivity index (χ2n) is 9.34. The van der Waals surface area contributed by atoms with Gasteiger partial charge >= 0.3 is 0 Å². The number of benzene rings is 3. The van der Waals surface area contributed by atoms with Crippen LogP contribution in [0.2, 0.25) is 0 Å². The molecule has 0 aromatic heterocycles. The number of anilines is 1. The summed E-state index contributed by atoms with van der Waals surface area (Å²) in [5.41, 5.74) is 2.92. The minimum Gasteiger partial charge on any atom is -0.302 e. The van der Waals surface area contributed by atoms with Gasteiger partial charge in [0.15, 0.2) is 0 Å². The Kier molecular flexibility index (Phi) is 4.03. The largest absolute Gasteiger partial charge is 0.302 e. The summed E-state index contributed by atoms with van der Waals surface area (Å²) in [7, 11) is 0. The monoisotopic (exact) mass is 452 g/mol. The third kappa shape index (κ3) is 2.24. The van der Waals surface area contributed by atoms with E-state index in [1.807, 2.05) is 48.5 Å². The minimum atomic E-state index is -1.33. The second-order valence-corrected chi connectivity index (χ2v) is 9.34. The van der Waals surface area contributed by atoms with Crippen molar-refractivity contribution in [2.45, 2.75) is 25.2 Å². The van der Waals surface area contributed by atoms with Crippen molar-refractivity contribution in [2.24, 2.45) is 11.8 Å². The van der Waals surface area contributed by atoms with Gasteiger partial charge in [-0.1, -0.05) is 48.5 Å². The molecule has 1 aliphatic heterocycles. The van der Waals surface area contributed by atoms with Crippen LogP contribution in [0.4, 0.5) is 11.4 Å². The Labute approximate surface area is 195 Å². The molecule has 1 fully saturated rings. The van der Waals surface area contributed by atoms with Crippen LogP contribution < -0.4 is 4.90 Å². The summed E-state index contributed by atoms with van der Waals surface area (Å²) >= 11 is 0. The normalized spacial score (nSPS) is 26.2. The lowest BCUT2D eigenvalue weighted by molar-refractivity contribution is -0.384. The lowest BCUT2D eigenvalue weighted by Gasteiger charge is -2.51. The Morgan fingerprint density at radius 1 is 0.912 bits per heavy atom. The fraction of sp³-hybridized carbons (Fsp3) is 0.222. The van der Waals surface area contributed by atoms with Gasteiger partial charge in [-0.15, -0.1) is 0 Å². The van der Waals surface area contributed by atoms with Gasteiger partial charge in [0, 0.05) is 12.0 Å². The van der Waals surface area contributed by atoms with Gasteiger partial charge in [-0.05, 0) is 53.3 Å². The molecule has 1 heterocycles. The Hall–Kier alpha value is -4.13. The first kappa shape index (κ1) is 20.5. The van der Waals surface area contributed by atoms with Gasteiger partial charge < -0.3 is 4.79 Å². The van der Waals surface area contributed by atoms with Gasteiger partial charge in [-0.3, -0.25) is 19.7 Å². The quantitative estimate of drug-likeness (QED) is 0.259. The van der Waals surface area contributed by atoms with E-state index in [-0.39, 0.29) is 11.4 Å². The van der Waals surface area contributed by atoms with Crippen LogP contribution in [0.3, 0.4) is 0 Å². The zero-order valence-electron chi connectivity index (χ0n) is 18.5. The molecule has 7 rings (SSSR count). The van der Waals surface area contributed by atoms with Crippen molar-refractivity contribution in [1.29, 1.82) is 0 Å². The van der Waals surface area contributed by atoms with Gasteiger partial charge in [0.25, 0.3) is 5.69 Å². The summed E-state index contributed by atoms with van der Waals surface area (Å²) < 4.78 is 0. The Balaban J connectivity index is 1.64. The molecule has 0 N–H and O–H groups in total. The van der Waals surface area contributed by atoms with Crippen LogP contribution in [-0.2, 0) is 19.8 Å². The number of aldehydes is 1. The molecule has 34 heavy (non-hydrogen) atoms. The van der Waals surface area contributed by atoms with Crippen molar-refractivity contribution in [3.8, 4) is 0 Å². The molecule has 0 radical (unpaired) electrons. The number of hydrogen-bond donors (Lipinski definition) is 0. The van der Waals surface area contributed by atoms with E-state index in [1.165, 1.54) is 12.1 Å². The topological polar surface area (TPSA) is 97.6 Å². The van der Waals surface area contributed by atoms with E-state index in [1.54, 1.807) is 13.8 Å². The molecule has 0 unspecified atom stereocenters. The summed E-state index contributed by atoms with van der Waals surface area (Å²) in [5.74, 6) is -3.26. The molecule has 3 aromatic carbocycles. The van der Waals surface area contributed by atoms with E-state index in [0.717, 1.165) is 39.0 Å². The number of nitro benzene ring substituents is 1. The molecule has 2 atom stereocenters. The van der Waals surface area contributed by atoms with Crippen molar-refractivity contribution in [3.05, 3.63) is 104 Å². The first-order valence-electron chi connectivity index (χ1n) is 11.1. The van der Waals surface area contributed by atoms with Gasteiger partial charge in [-0.25, -0.2) is 4.90 Å². The Bertz CT molecular complexity index is 1410. The van der Waals surface area contributed by atoms with Crippen LogP contribution in [0.25, 0.3) is 0 Å². The number of nitrogens with zero attached hydrogens (tertiary/aromatic N) is 2. The van der Waals surface area contributed by atoms with E-state index in [0.29, 0.717) is 5.56 Å². The number of hydrogen-bond acceptors (Lipinski definition) is 5. The van der Waals surface area contributed by atoms with Crippen molar-refractivity contribution in [1.82, 2.24) is 0 Å². The summed E-state index contributed by atoms with van der Waals surface area (Å²) in [6.07, 6.45) is 0.793. The molecule has 7 nitrogen and oxygen atoms in total. The predicted octanol–water partition coefficient (Wildman–Crippen LogP) is 3.96. The van der Waals surface area contributed by atoms with Crippen LogP contribution in [0, 0.1) is 35.8 Å². The summed E-state index contributed by atoms with van der Waals surface area (Å²) in [6.45, 7) is 3.53. The highest BCUT2D eigenvalue weighted by Crippen LogP contribution is 2.63. The van der Waals surface area contributed by atoms with Gasteiger partial charge in [0.05, 0.1) is 22.2 Å². The molecular weight excluding hydrogens is 432 g/mol. The zero-order valence-corrected chi connectivity index (χ0v) is 18.5. The number of nitro groups is 1. The summed E-state index contributed by atoms with van der Waals surface area (Å²) in [4.78, 5) is 53.2. The Morgan fingerprint density at radius 2 is 1.47 bits per heavy atom. The van der Waals surface area contributed by atoms with Crippen molar-refractivity contribution < 1.29 is 19.3 Å². The maximum Gasteiger partial charge on any atom is 0.293 e. The molecule has 2 bridgehead atoms. The number of carbonyl (C=O) groups is 3. The van der Waals surface area contributed by atoms with Crippen molar-refractivity contribution >= 4 is 29.5 Å². The maximum absolute atomic E-state index is 14.0. The van der Waals surface area contributed by atoms with Crippen LogP contribution in [0.1, 0.15) is 39.3 Å². The molecule has 168 valence electrons. The van der Waals surface area contributed by atoms with E-state index in [9.17, 15) is 24.5 Å². The highest BCUT2D eigenvalue weighted by Gasteiger charge is 2.68. The fourth-order valence-corrected chi connectivity index (χ4v) is 6.38. The van der Waals surface area contributed by atoms with Crippen LogP contribution >= 0.6 is 0 Å². The van der Waals surface area contributed by atoms with Crippen molar-refractivity contribution in [2.75, 3.05) is 4.90 Å². The van der Waals surface area contributed by atoms with E-state index >= 15 is 0 Å². The second kappa shape index (κ2) is 6.70. The van der Waals surface area contributed by atoms with Crippen LogP contribution in [0.5, 0.6) is 0 Å². The molecule has 3 aromatic rings. The van der Waals surface area contributed by atoms with Gasteiger partial charge in [0.1, 0.15) is 12.0 Å². The Morgan fingerprint density at radius 3 is 2.03 bits per heavy atom. The lowest BCUT2D eigenvalue weighted by atomic mass is 9.48. The van der Waals surface area contributed by atoms with Gasteiger partial charge in [-0.2, -0.15) is 0 Å². The number of carbonyl (C=O) groups excluding carboxylic acids is 3. The number of amides is 2. The van der Waals surface area contributed by atoms with E-state index < -0.39 is 39.9 Å². The highest BCUT2D eigenvalue weighted by atomic mass is 16.6. The fourth-order valence-electron chi connectivity index (χ4n) is 6.38. The van der Waals surface area contributed by atoms with Crippen LogP contribution in [-0.4, -0.2) is 23.0 Å². The summed E-state index contributed by atoms with van der Waals surface area (Å²) in [5, 5.41) is 11.9. The van der Waals surface area contributed by atoms with E-state index in [4.69, 9.17) is 0 Å². The predicted molar refractivity (Wildman–Crippen MR) is 124 cm³/mol. The average molecular weight is 452 g/mol. The first-order chi connectivity index (χ1) is 16.3. The zero-order chi connectivity index (χ0) is 23.9. The molecule has 1 saturated heterocycles. The number of imide groups is 1. The molecule has 7 heteroatoms. The van der Waals surface area contributed by atoms with E-state index in [2.05, 4.69) is 0 Å². The van der Waals surface area contributed by atoms with Crippen molar-refractivity contribution in [3.63, 3.8) is 0 Å². The molecule has 0 spiro atoms. The molecule has 4 aliphatic rings. The molecular formula is C27H20N2O5. The smallest absolute Gasteiger partial charge is 0.293 e.